The van der Waals surface area contributed by atoms with Gasteiger partial charge in [0.25, 0.3) is 0 Å². The molecule has 0 radical (unpaired) electrons. The normalized spacial score (nSPS) is 18.9. The summed E-state index contributed by atoms with van der Waals surface area (Å²) in [5.74, 6) is 0.162. The molecule has 0 bridgehead atoms. The lowest BCUT2D eigenvalue weighted by Crippen LogP contribution is -2.57. The minimum absolute atomic E-state index is 0.296. The summed E-state index contributed by atoms with van der Waals surface area (Å²) in [5, 5.41) is 3.24. The number of hydrogen-bond donors (Lipinski definition) is 2. The molecule has 0 aromatic rings. The molecule has 1 rings (SSSR count). The van der Waals surface area contributed by atoms with E-state index in [1.165, 1.54) is 0 Å². The van der Waals surface area contributed by atoms with Crippen molar-refractivity contribution >= 4 is 5.91 Å². The number of rotatable bonds is 10. The molecule has 0 aromatic heterocycles. The second-order valence-electron chi connectivity index (χ2n) is 5.64. The van der Waals surface area contributed by atoms with Gasteiger partial charge in [0.2, 0.25) is 5.91 Å². The Balaban J connectivity index is 2.15. The van der Waals surface area contributed by atoms with Crippen LogP contribution in [0.5, 0.6) is 0 Å². The minimum Gasteiger partial charge on any atom is -0.379 e. The molecular formula is C13H26N2O3. The van der Waals surface area contributed by atoms with Gasteiger partial charge in [0, 0.05) is 12.6 Å². The molecule has 1 saturated carbocycles. The standard InChI is InChI=1S/C13H26N2O3/c1-10(2)8-17-6-7-18-9-13(3,12(14)16)15-11-4-5-11/h10-11,15H,4-9H2,1-3H3,(H2,14,16). The van der Waals surface area contributed by atoms with Gasteiger partial charge in [-0.2, -0.15) is 0 Å². The Hall–Kier alpha value is -0.650. The van der Waals surface area contributed by atoms with Crippen LogP contribution in [0.1, 0.15) is 33.6 Å². The Morgan fingerprint density at radius 2 is 2.00 bits per heavy atom. The van der Waals surface area contributed by atoms with Crippen LogP contribution >= 0.6 is 0 Å². The highest BCUT2D eigenvalue weighted by Gasteiger charge is 2.37. The third kappa shape index (κ3) is 5.80. The van der Waals surface area contributed by atoms with Crippen LogP contribution in [0.2, 0.25) is 0 Å². The minimum atomic E-state index is -0.765. The molecule has 1 aliphatic carbocycles. The van der Waals surface area contributed by atoms with E-state index in [1.807, 2.05) is 0 Å². The Morgan fingerprint density at radius 1 is 1.39 bits per heavy atom. The molecule has 1 amide bonds. The Labute approximate surface area is 109 Å². The van der Waals surface area contributed by atoms with Crippen LogP contribution in [-0.4, -0.2) is 43.9 Å². The fourth-order valence-corrected chi connectivity index (χ4v) is 1.58. The summed E-state index contributed by atoms with van der Waals surface area (Å²) >= 11 is 0. The van der Waals surface area contributed by atoms with Crippen molar-refractivity contribution in [1.29, 1.82) is 0 Å². The molecular weight excluding hydrogens is 232 g/mol. The van der Waals surface area contributed by atoms with Crippen molar-refractivity contribution in [2.75, 3.05) is 26.4 Å². The van der Waals surface area contributed by atoms with Crippen LogP contribution in [0.25, 0.3) is 0 Å². The van der Waals surface area contributed by atoms with Gasteiger partial charge in [-0.15, -0.1) is 0 Å². The third-order valence-corrected chi connectivity index (χ3v) is 2.86. The Bertz CT molecular complexity index is 267. The number of carbonyl (C=O) groups is 1. The van der Waals surface area contributed by atoms with E-state index >= 15 is 0 Å². The summed E-state index contributed by atoms with van der Waals surface area (Å²) in [6.07, 6.45) is 2.22. The molecule has 1 aliphatic rings. The number of carbonyl (C=O) groups excluding carboxylic acids is 1. The molecule has 0 heterocycles. The van der Waals surface area contributed by atoms with E-state index in [9.17, 15) is 4.79 Å². The average Bonchev–Trinajstić information content (AvgIpc) is 3.06. The summed E-state index contributed by atoms with van der Waals surface area (Å²) in [6.45, 7) is 8.07. The quantitative estimate of drug-likeness (QED) is 0.565. The number of amides is 1. The van der Waals surface area contributed by atoms with Gasteiger partial charge >= 0.3 is 0 Å². The molecule has 0 aromatic carbocycles. The van der Waals surface area contributed by atoms with Gasteiger partial charge in [0.05, 0.1) is 19.8 Å². The van der Waals surface area contributed by atoms with Crippen molar-refractivity contribution in [3.05, 3.63) is 0 Å². The number of primary amides is 1. The predicted octanol–water partition coefficient (Wildman–Crippen LogP) is 0.672. The van der Waals surface area contributed by atoms with Crippen molar-refractivity contribution in [3.63, 3.8) is 0 Å². The molecule has 3 N–H and O–H groups in total. The van der Waals surface area contributed by atoms with Gasteiger partial charge in [0.1, 0.15) is 5.54 Å². The summed E-state index contributed by atoms with van der Waals surface area (Å²) in [4.78, 5) is 11.4. The van der Waals surface area contributed by atoms with Crippen LogP contribution < -0.4 is 11.1 Å². The van der Waals surface area contributed by atoms with Crippen LogP contribution in [-0.2, 0) is 14.3 Å². The lowest BCUT2D eigenvalue weighted by atomic mass is 10.0. The predicted molar refractivity (Wildman–Crippen MR) is 70.2 cm³/mol. The lowest BCUT2D eigenvalue weighted by Gasteiger charge is -2.27. The zero-order valence-electron chi connectivity index (χ0n) is 11.7. The molecule has 0 saturated heterocycles. The SMILES string of the molecule is CC(C)COCCOCC(C)(NC1CC1)C(N)=O. The first-order chi connectivity index (χ1) is 8.44. The summed E-state index contributed by atoms with van der Waals surface area (Å²) < 4.78 is 10.9. The Kier molecular flexibility index (Phi) is 6.05. The van der Waals surface area contributed by atoms with Gasteiger partial charge in [-0.3, -0.25) is 10.1 Å². The molecule has 106 valence electrons. The summed E-state index contributed by atoms with van der Waals surface area (Å²) in [6, 6.07) is 0.420. The molecule has 1 fully saturated rings. The van der Waals surface area contributed by atoms with E-state index < -0.39 is 5.54 Å². The molecule has 0 aliphatic heterocycles. The number of ether oxygens (including phenoxy) is 2. The summed E-state index contributed by atoms with van der Waals surface area (Å²) in [5.41, 5.74) is 4.65. The van der Waals surface area contributed by atoms with Gasteiger partial charge in [0.15, 0.2) is 0 Å². The van der Waals surface area contributed by atoms with Gasteiger partial charge in [-0.25, -0.2) is 0 Å². The second kappa shape index (κ2) is 7.07. The number of hydrogen-bond acceptors (Lipinski definition) is 4. The molecule has 5 nitrogen and oxygen atoms in total. The van der Waals surface area contributed by atoms with Crippen LogP contribution in [0.3, 0.4) is 0 Å². The first-order valence-electron chi connectivity index (χ1n) is 6.67. The maximum absolute atomic E-state index is 11.4. The molecule has 0 spiro atoms. The largest absolute Gasteiger partial charge is 0.379 e. The van der Waals surface area contributed by atoms with Gasteiger partial charge in [-0.1, -0.05) is 13.8 Å². The fourth-order valence-electron chi connectivity index (χ4n) is 1.58. The smallest absolute Gasteiger partial charge is 0.239 e. The maximum atomic E-state index is 11.4. The van der Waals surface area contributed by atoms with E-state index in [4.69, 9.17) is 15.2 Å². The molecule has 1 unspecified atom stereocenters. The zero-order valence-corrected chi connectivity index (χ0v) is 11.7. The monoisotopic (exact) mass is 258 g/mol. The van der Waals surface area contributed by atoms with E-state index in [0.717, 1.165) is 19.4 Å². The van der Waals surface area contributed by atoms with E-state index in [-0.39, 0.29) is 5.91 Å². The zero-order chi connectivity index (χ0) is 13.6. The highest BCUT2D eigenvalue weighted by Crippen LogP contribution is 2.22. The van der Waals surface area contributed by atoms with Crippen LogP contribution in [0, 0.1) is 5.92 Å². The lowest BCUT2D eigenvalue weighted by molar-refractivity contribution is -0.126. The summed E-state index contributed by atoms with van der Waals surface area (Å²) in [7, 11) is 0. The number of nitrogens with two attached hydrogens (primary N) is 1. The van der Waals surface area contributed by atoms with E-state index in [1.54, 1.807) is 6.92 Å². The molecule has 1 atom stereocenters. The Morgan fingerprint density at radius 3 is 2.50 bits per heavy atom. The highest BCUT2D eigenvalue weighted by atomic mass is 16.5. The third-order valence-electron chi connectivity index (χ3n) is 2.86. The van der Waals surface area contributed by atoms with Crippen molar-refractivity contribution in [2.45, 2.75) is 45.2 Å². The van der Waals surface area contributed by atoms with Gasteiger partial charge < -0.3 is 15.2 Å². The first-order valence-corrected chi connectivity index (χ1v) is 6.67. The second-order valence-corrected chi connectivity index (χ2v) is 5.64. The van der Waals surface area contributed by atoms with E-state index in [0.29, 0.717) is 31.8 Å². The van der Waals surface area contributed by atoms with Crippen molar-refractivity contribution < 1.29 is 14.3 Å². The van der Waals surface area contributed by atoms with Crippen LogP contribution in [0.4, 0.5) is 0 Å². The maximum Gasteiger partial charge on any atom is 0.239 e. The van der Waals surface area contributed by atoms with E-state index in [2.05, 4.69) is 19.2 Å². The first kappa shape index (κ1) is 15.4. The number of nitrogens with one attached hydrogen (secondary N) is 1. The van der Waals surface area contributed by atoms with Crippen molar-refractivity contribution in [3.8, 4) is 0 Å². The van der Waals surface area contributed by atoms with Gasteiger partial charge in [-0.05, 0) is 25.7 Å². The fraction of sp³-hybridized carbons (Fsp3) is 0.923. The van der Waals surface area contributed by atoms with Crippen LogP contribution in [0.15, 0.2) is 0 Å². The topological polar surface area (TPSA) is 73.6 Å². The average molecular weight is 258 g/mol. The van der Waals surface area contributed by atoms with Crippen molar-refractivity contribution in [2.24, 2.45) is 11.7 Å². The molecule has 18 heavy (non-hydrogen) atoms. The van der Waals surface area contributed by atoms with Crippen molar-refractivity contribution in [1.82, 2.24) is 5.32 Å². The highest BCUT2D eigenvalue weighted by molar-refractivity contribution is 5.84. The molecule has 5 heteroatoms.